The van der Waals surface area contributed by atoms with Gasteiger partial charge in [-0.25, -0.2) is 9.78 Å². The number of carbonyl (C=O) groups is 1. The summed E-state index contributed by atoms with van der Waals surface area (Å²) in [6.45, 7) is -0.0870. The third kappa shape index (κ3) is 2.95. The molecule has 0 unspecified atom stereocenters. The molecule has 0 saturated carbocycles. The normalized spacial score (nSPS) is 11.4. The van der Waals surface area contributed by atoms with Gasteiger partial charge in [-0.2, -0.15) is 18.3 Å². The van der Waals surface area contributed by atoms with Crippen molar-refractivity contribution in [3.8, 4) is 0 Å². The van der Waals surface area contributed by atoms with Crippen LogP contribution < -0.4 is 0 Å². The van der Waals surface area contributed by atoms with Crippen molar-refractivity contribution in [2.75, 3.05) is 7.11 Å². The van der Waals surface area contributed by atoms with E-state index in [2.05, 4.69) is 14.8 Å². The number of rotatable bonds is 3. The van der Waals surface area contributed by atoms with E-state index in [1.807, 2.05) is 0 Å². The van der Waals surface area contributed by atoms with Gasteiger partial charge in [-0.05, 0) is 12.1 Å². The number of hydrogen-bond acceptors (Lipinski definition) is 4. The Morgan fingerprint density at radius 1 is 1.40 bits per heavy atom. The molecule has 0 aliphatic rings. The second-order valence-electron chi connectivity index (χ2n) is 3.90. The predicted molar refractivity (Wildman–Crippen MR) is 61.9 cm³/mol. The molecule has 0 spiro atoms. The Kier molecular flexibility index (Phi) is 3.73. The first kappa shape index (κ1) is 14.0. The van der Waals surface area contributed by atoms with E-state index in [9.17, 15) is 18.0 Å². The van der Waals surface area contributed by atoms with Gasteiger partial charge in [0.15, 0.2) is 0 Å². The topological polar surface area (TPSA) is 57.0 Å². The number of hydrogen-bond donors (Lipinski definition) is 0. The molecule has 0 bridgehead atoms. The molecular weight excluding hydrogens is 275 g/mol. The van der Waals surface area contributed by atoms with Crippen LogP contribution in [-0.2, 0) is 17.5 Å². The highest BCUT2D eigenvalue weighted by Gasteiger charge is 2.36. The zero-order chi connectivity index (χ0) is 14.8. The number of carbonyl (C=O) groups excluding carboxylic acids is 1. The van der Waals surface area contributed by atoms with Crippen LogP contribution in [0.15, 0.2) is 30.6 Å². The zero-order valence-corrected chi connectivity index (χ0v) is 10.4. The van der Waals surface area contributed by atoms with Crippen molar-refractivity contribution in [3.63, 3.8) is 0 Å². The summed E-state index contributed by atoms with van der Waals surface area (Å²) in [6.07, 6.45) is -1.66. The van der Waals surface area contributed by atoms with Crippen LogP contribution in [0.25, 0.3) is 0 Å². The lowest BCUT2D eigenvalue weighted by atomic mass is 10.1. The van der Waals surface area contributed by atoms with Crippen molar-refractivity contribution >= 4 is 5.97 Å². The van der Waals surface area contributed by atoms with Gasteiger partial charge in [0.05, 0.1) is 13.7 Å². The lowest BCUT2D eigenvalue weighted by molar-refractivity contribution is -0.141. The monoisotopic (exact) mass is 285 g/mol. The van der Waals surface area contributed by atoms with Crippen molar-refractivity contribution < 1.29 is 22.7 Å². The summed E-state index contributed by atoms with van der Waals surface area (Å²) < 4.78 is 44.6. The van der Waals surface area contributed by atoms with Crippen LogP contribution in [0.4, 0.5) is 13.2 Å². The van der Waals surface area contributed by atoms with E-state index < -0.39 is 17.8 Å². The fourth-order valence-corrected chi connectivity index (χ4v) is 1.65. The van der Waals surface area contributed by atoms with E-state index in [1.165, 1.54) is 29.2 Å². The number of esters is 1. The molecule has 2 aromatic rings. The van der Waals surface area contributed by atoms with Crippen LogP contribution in [0.5, 0.6) is 0 Å². The molecule has 0 atom stereocenters. The number of nitrogens with zero attached hydrogens (tertiary/aromatic N) is 3. The highest BCUT2D eigenvalue weighted by atomic mass is 19.4. The van der Waals surface area contributed by atoms with Gasteiger partial charge in [0.25, 0.3) is 0 Å². The number of halogens is 3. The molecule has 20 heavy (non-hydrogen) atoms. The van der Waals surface area contributed by atoms with E-state index in [1.54, 1.807) is 6.07 Å². The maximum absolute atomic E-state index is 13.0. The van der Waals surface area contributed by atoms with Gasteiger partial charge in [0.1, 0.15) is 11.4 Å². The Labute approximate surface area is 112 Å². The Balaban J connectivity index is 2.43. The smallest absolute Gasteiger partial charge is 0.433 e. The van der Waals surface area contributed by atoms with E-state index in [4.69, 9.17) is 0 Å². The van der Waals surface area contributed by atoms with E-state index in [-0.39, 0.29) is 17.8 Å². The van der Waals surface area contributed by atoms with Crippen LogP contribution in [0.1, 0.15) is 21.7 Å². The Hall–Kier alpha value is -2.38. The molecule has 0 fully saturated rings. The van der Waals surface area contributed by atoms with Gasteiger partial charge in [-0.1, -0.05) is 6.07 Å². The Morgan fingerprint density at radius 2 is 2.15 bits per heavy atom. The summed E-state index contributed by atoms with van der Waals surface area (Å²) in [7, 11) is 1.08. The number of pyridine rings is 1. The molecule has 0 aliphatic carbocycles. The highest BCUT2D eigenvalue weighted by molar-refractivity contribution is 5.87. The van der Waals surface area contributed by atoms with Crippen LogP contribution in [-0.4, -0.2) is 27.8 Å². The third-order valence-corrected chi connectivity index (χ3v) is 2.53. The minimum atomic E-state index is -4.66. The Morgan fingerprint density at radius 3 is 2.70 bits per heavy atom. The quantitative estimate of drug-likeness (QED) is 0.811. The molecule has 5 nitrogen and oxygen atoms in total. The SMILES string of the molecule is COC(=O)c1ccc(Cn2cccn2)c(C(F)(F)F)n1. The van der Waals surface area contributed by atoms with Crippen LogP contribution >= 0.6 is 0 Å². The Bertz CT molecular complexity index is 609. The van der Waals surface area contributed by atoms with Gasteiger partial charge >= 0.3 is 12.1 Å². The number of methoxy groups -OCH3 is 1. The fraction of sp³-hybridized carbons (Fsp3) is 0.250. The zero-order valence-electron chi connectivity index (χ0n) is 10.4. The maximum Gasteiger partial charge on any atom is 0.433 e. The van der Waals surface area contributed by atoms with Crippen LogP contribution in [0, 0.1) is 0 Å². The van der Waals surface area contributed by atoms with Crippen molar-refractivity contribution in [2.24, 2.45) is 0 Å². The molecule has 2 heterocycles. The second-order valence-corrected chi connectivity index (χ2v) is 3.90. The summed E-state index contributed by atoms with van der Waals surface area (Å²) in [6, 6.07) is 3.99. The third-order valence-electron chi connectivity index (χ3n) is 2.53. The molecule has 0 aromatic carbocycles. The predicted octanol–water partition coefficient (Wildman–Crippen LogP) is 2.13. The molecule has 0 amide bonds. The second kappa shape index (κ2) is 5.32. The average molecular weight is 285 g/mol. The molecule has 0 N–H and O–H groups in total. The van der Waals surface area contributed by atoms with Gasteiger partial charge in [-0.15, -0.1) is 0 Å². The van der Waals surface area contributed by atoms with Gasteiger partial charge in [0.2, 0.25) is 0 Å². The standard InChI is InChI=1S/C12H10F3N3O2/c1-20-11(19)9-4-3-8(7-18-6-2-5-16-18)10(17-9)12(13,14)15/h2-6H,7H2,1H3. The summed E-state index contributed by atoms with van der Waals surface area (Å²) in [5.41, 5.74) is -1.58. The first-order chi connectivity index (χ1) is 9.41. The van der Waals surface area contributed by atoms with E-state index in [0.29, 0.717) is 0 Å². The van der Waals surface area contributed by atoms with Crippen LogP contribution in [0.3, 0.4) is 0 Å². The maximum atomic E-state index is 13.0. The molecule has 2 rings (SSSR count). The number of ether oxygens (including phenoxy) is 1. The van der Waals surface area contributed by atoms with Gasteiger partial charge in [0, 0.05) is 18.0 Å². The minimum absolute atomic E-state index is 0.0751. The summed E-state index contributed by atoms with van der Waals surface area (Å²) in [4.78, 5) is 14.6. The van der Waals surface area contributed by atoms with Crippen molar-refractivity contribution in [1.82, 2.24) is 14.8 Å². The van der Waals surface area contributed by atoms with Crippen molar-refractivity contribution in [2.45, 2.75) is 12.7 Å². The lowest BCUT2D eigenvalue weighted by Gasteiger charge is -2.13. The largest absolute Gasteiger partial charge is 0.464 e. The minimum Gasteiger partial charge on any atom is -0.464 e. The van der Waals surface area contributed by atoms with Crippen molar-refractivity contribution in [1.29, 1.82) is 0 Å². The lowest BCUT2D eigenvalue weighted by Crippen LogP contribution is -2.17. The first-order valence-corrected chi connectivity index (χ1v) is 5.54. The average Bonchev–Trinajstić information content (AvgIpc) is 2.90. The molecule has 0 aliphatic heterocycles. The van der Waals surface area contributed by atoms with Crippen LogP contribution in [0.2, 0.25) is 0 Å². The van der Waals surface area contributed by atoms with Gasteiger partial charge < -0.3 is 4.74 Å². The molecule has 8 heteroatoms. The summed E-state index contributed by atoms with van der Waals surface area (Å²) >= 11 is 0. The van der Waals surface area contributed by atoms with E-state index in [0.717, 1.165) is 7.11 Å². The van der Waals surface area contributed by atoms with E-state index >= 15 is 0 Å². The molecule has 0 radical (unpaired) electrons. The number of alkyl halides is 3. The summed E-state index contributed by atoms with van der Waals surface area (Å²) in [5, 5.41) is 3.84. The first-order valence-electron chi connectivity index (χ1n) is 5.54. The van der Waals surface area contributed by atoms with Crippen molar-refractivity contribution in [3.05, 3.63) is 47.5 Å². The number of aromatic nitrogens is 3. The molecule has 106 valence electrons. The molecule has 2 aromatic heterocycles. The molecular formula is C12H10F3N3O2. The van der Waals surface area contributed by atoms with Gasteiger partial charge in [-0.3, -0.25) is 4.68 Å². The summed E-state index contributed by atoms with van der Waals surface area (Å²) in [5.74, 6) is -0.916. The fourth-order valence-electron chi connectivity index (χ4n) is 1.65. The molecule has 0 saturated heterocycles. The highest BCUT2D eigenvalue weighted by Crippen LogP contribution is 2.31.